The predicted molar refractivity (Wildman–Crippen MR) is 76.0 cm³/mol. The number of amides is 1. The van der Waals surface area contributed by atoms with Gasteiger partial charge in [-0.25, -0.2) is 4.39 Å². The van der Waals surface area contributed by atoms with Gasteiger partial charge >= 0.3 is 0 Å². The van der Waals surface area contributed by atoms with Crippen molar-refractivity contribution in [2.75, 3.05) is 19.1 Å². The zero-order valence-electron chi connectivity index (χ0n) is 10.7. The third-order valence-corrected chi connectivity index (χ3v) is 3.81. The number of hydrogen-bond donors (Lipinski definition) is 0. The molecular weight excluding hydrogens is 273 g/mol. The number of thioether (sulfide) groups is 1. The van der Waals surface area contributed by atoms with Gasteiger partial charge in [-0.2, -0.15) is 11.8 Å². The van der Waals surface area contributed by atoms with E-state index in [4.69, 9.17) is 11.6 Å². The van der Waals surface area contributed by atoms with Crippen LogP contribution in [0.3, 0.4) is 0 Å². The van der Waals surface area contributed by atoms with E-state index in [9.17, 15) is 9.18 Å². The molecule has 0 heterocycles. The van der Waals surface area contributed by atoms with E-state index in [0.29, 0.717) is 5.02 Å². The maximum atomic E-state index is 13.6. The van der Waals surface area contributed by atoms with Crippen molar-refractivity contribution < 1.29 is 9.18 Å². The molecule has 100 valence electrons. The lowest BCUT2D eigenvalue weighted by atomic mass is 10.1. The number of nitrogens with zero attached hydrogens (tertiary/aromatic N) is 1. The summed E-state index contributed by atoms with van der Waals surface area (Å²) in [5.41, 5.74) is 0.0320. The largest absolute Gasteiger partial charge is 0.338 e. The highest BCUT2D eigenvalue weighted by molar-refractivity contribution is 7.98. The van der Waals surface area contributed by atoms with E-state index in [1.807, 2.05) is 13.2 Å². The standard InChI is InChI=1S/C13H17ClFNOS/c1-4-10(8-18-3)16(2)13(17)11-7-9(14)5-6-12(11)15/h5-7,10H,4,8H2,1-3H3. The van der Waals surface area contributed by atoms with Gasteiger partial charge in [-0.15, -0.1) is 0 Å². The molecule has 0 aliphatic carbocycles. The summed E-state index contributed by atoms with van der Waals surface area (Å²) in [6.45, 7) is 2.01. The fraction of sp³-hybridized carbons (Fsp3) is 0.462. The lowest BCUT2D eigenvalue weighted by Gasteiger charge is -2.27. The van der Waals surface area contributed by atoms with Crippen LogP contribution in [0, 0.1) is 5.82 Å². The van der Waals surface area contributed by atoms with Gasteiger partial charge < -0.3 is 4.90 Å². The molecule has 0 fully saturated rings. The number of carbonyl (C=O) groups is 1. The van der Waals surface area contributed by atoms with E-state index in [1.54, 1.807) is 23.7 Å². The van der Waals surface area contributed by atoms with Crippen LogP contribution < -0.4 is 0 Å². The van der Waals surface area contributed by atoms with Crippen LogP contribution in [-0.2, 0) is 0 Å². The average molecular weight is 290 g/mol. The molecule has 0 N–H and O–H groups in total. The van der Waals surface area contributed by atoms with Crippen molar-refractivity contribution in [3.63, 3.8) is 0 Å². The van der Waals surface area contributed by atoms with Gasteiger partial charge in [-0.1, -0.05) is 18.5 Å². The monoisotopic (exact) mass is 289 g/mol. The molecule has 0 saturated heterocycles. The van der Waals surface area contributed by atoms with Crippen LogP contribution in [-0.4, -0.2) is 35.9 Å². The van der Waals surface area contributed by atoms with E-state index in [0.717, 1.165) is 12.2 Å². The summed E-state index contributed by atoms with van der Waals surface area (Å²) < 4.78 is 13.6. The zero-order valence-corrected chi connectivity index (χ0v) is 12.3. The van der Waals surface area contributed by atoms with E-state index in [1.165, 1.54) is 18.2 Å². The van der Waals surface area contributed by atoms with Crippen molar-refractivity contribution in [2.45, 2.75) is 19.4 Å². The summed E-state index contributed by atoms with van der Waals surface area (Å²) in [6, 6.07) is 4.14. The van der Waals surface area contributed by atoms with E-state index in [2.05, 4.69) is 0 Å². The predicted octanol–water partition coefficient (Wildman–Crippen LogP) is 3.69. The molecule has 1 atom stereocenters. The Bertz CT molecular complexity index is 427. The summed E-state index contributed by atoms with van der Waals surface area (Å²) in [7, 11) is 1.70. The van der Waals surface area contributed by atoms with E-state index >= 15 is 0 Å². The Morgan fingerprint density at radius 2 is 2.22 bits per heavy atom. The van der Waals surface area contributed by atoms with Gasteiger partial charge in [0.15, 0.2) is 0 Å². The van der Waals surface area contributed by atoms with Crippen LogP contribution in [0.1, 0.15) is 23.7 Å². The third-order valence-electron chi connectivity index (χ3n) is 2.86. The summed E-state index contributed by atoms with van der Waals surface area (Å²) >= 11 is 7.47. The quantitative estimate of drug-likeness (QED) is 0.824. The van der Waals surface area contributed by atoms with Gasteiger partial charge in [0.2, 0.25) is 0 Å². The van der Waals surface area contributed by atoms with Crippen molar-refractivity contribution in [1.82, 2.24) is 4.90 Å². The maximum Gasteiger partial charge on any atom is 0.256 e. The first-order chi connectivity index (χ1) is 8.51. The third kappa shape index (κ3) is 3.62. The second kappa shape index (κ2) is 7.00. The summed E-state index contributed by atoms with van der Waals surface area (Å²) in [5.74, 6) is -0.0212. The van der Waals surface area contributed by atoms with Crippen molar-refractivity contribution in [1.29, 1.82) is 0 Å². The Morgan fingerprint density at radius 3 is 2.78 bits per heavy atom. The fourth-order valence-electron chi connectivity index (χ4n) is 1.71. The van der Waals surface area contributed by atoms with E-state index < -0.39 is 5.82 Å². The van der Waals surface area contributed by atoms with Gasteiger partial charge in [0.05, 0.1) is 5.56 Å². The Morgan fingerprint density at radius 1 is 1.56 bits per heavy atom. The Kier molecular flexibility index (Phi) is 5.96. The Hall–Kier alpha value is -0.740. The molecule has 0 spiro atoms. The van der Waals surface area contributed by atoms with Crippen molar-refractivity contribution in [3.05, 3.63) is 34.6 Å². The lowest BCUT2D eigenvalue weighted by Crippen LogP contribution is -2.38. The molecule has 1 amide bonds. The molecule has 1 aromatic rings. The Balaban J connectivity index is 2.95. The highest BCUT2D eigenvalue weighted by Crippen LogP contribution is 2.18. The van der Waals surface area contributed by atoms with Crippen molar-refractivity contribution in [2.24, 2.45) is 0 Å². The molecular formula is C13H17ClFNOS. The highest BCUT2D eigenvalue weighted by Gasteiger charge is 2.22. The molecule has 0 bridgehead atoms. The van der Waals surface area contributed by atoms with Crippen LogP contribution in [0.15, 0.2) is 18.2 Å². The first-order valence-electron chi connectivity index (χ1n) is 5.72. The maximum absolute atomic E-state index is 13.6. The molecule has 5 heteroatoms. The van der Waals surface area contributed by atoms with Gasteiger partial charge in [0, 0.05) is 23.9 Å². The second-order valence-corrected chi connectivity index (χ2v) is 5.40. The number of benzene rings is 1. The molecule has 1 aromatic carbocycles. The minimum absolute atomic E-state index is 0.0320. The minimum atomic E-state index is -0.532. The van der Waals surface area contributed by atoms with Crippen LogP contribution in [0.5, 0.6) is 0 Å². The highest BCUT2D eigenvalue weighted by atomic mass is 35.5. The molecule has 18 heavy (non-hydrogen) atoms. The van der Waals surface area contributed by atoms with Gasteiger partial charge in [0.1, 0.15) is 5.82 Å². The number of carbonyl (C=O) groups excluding carboxylic acids is 1. The number of rotatable bonds is 5. The number of halogens is 2. The van der Waals surface area contributed by atoms with Crippen LogP contribution in [0.2, 0.25) is 5.02 Å². The first kappa shape index (κ1) is 15.3. The SMILES string of the molecule is CCC(CSC)N(C)C(=O)c1cc(Cl)ccc1F. The smallest absolute Gasteiger partial charge is 0.256 e. The molecule has 0 saturated carbocycles. The molecule has 1 rings (SSSR count). The molecule has 0 aromatic heterocycles. The first-order valence-corrected chi connectivity index (χ1v) is 7.49. The molecule has 0 aliphatic heterocycles. The van der Waals surface area contributed by atoms with E-state index in [-0.39, 0.29) is 17.5 Å². The van der Waals surface area contributed by atoms with Crippen LogP contribution >= 0.6 is 23.4 Å². The normalized spacial score (nSPS) is 12.3. The number of hydrogen-bond acceptors (Lipinski definition) is 2. The lowest BCUT2D eigenvalue weighted by molar-refractivity contribution is 0.0739. The minimum Gasteiger partial charge on any atom is -0.338 e. The zero-order chi connectivity index (χ0) is 13.7. The Labute approximate surface area is 116 Å². The van der Waals surface area contributed by atoms with Gasteiger partial charge in [-0.05, 0) is 30.9 Å². The summed E-state index contributed by atoms with van der Waals surface area (Å²) in [4.78, 5) is 13.8. The molecule has 1 unspecified atom stereocenters. The molecule has 0 aliphatic rings. The second-order valence-electron chi connectivity index (χ2n) is 4.06. The molecule has 0 radical (unpaired) electrons. The fourth-order valence-corrected chi connectivity index (χ4v) is 2.73. The topological polar surface area (TPSA) is 20.3 Å². The van der Waals surface area contributed by atoms with Gasteiger partial charge in [0.25, 0.3) is 5.91 Å². The van der Waals surface area contributed by atoms with Crippen molar-refractivity contribution in [3.8, 4) is 0 Å². The average Bonchev–Trinajstić information content (AvgIpc) is 2.37. The van der Waals surface area contributed by atoms with Crippen LogP contribution in [0.25, 0.3) is 0 Å². The van der Waals surface area contributed by atoms with Crippen LogP contribution in [0.4, 0.5) is 4.39 Å². The molecule has 2 nitrogen and oxygen atoms in total. The van der Waals surface area contributed by atoms with Crippen molar-refractivity contribution >= 4 is 29.3 Å². The van der Waals surface area contributed by atoms with Gasteiger partial charge in [-0.3, -0.25) is 4.79 Å². The summed E-state index contributed by atoms with van der Waals surface area (Å²) in [6.07, 6.45) is 2.83. The summed E-state index contributed by atoms with van der Waals surface area (Å²) in [5, 5.41) is 0.367.